The van der Waals surface area contributed by atoms with Gasteiger partial charge < -0.3 is 4.74 Å². The molecule has 0 saturated carbocycles. The van der Waals surface area contributed by atoms with Gasteiger partial charge in [0.25, 0.3) is 0 Å². The minimum Gasteiger partial charge on any atom is -0.489 e. The molecule has 0 atom stereocenters. The van der Waals surface area contributed by atoms with Crippen LogP contribution in [-0.2, 0) is 77.5 Å². The maximum atomic E-state index is 5.34. The quantitative estimate of drug-likeness (QED) is 0.475. The Morgan fingerprint density at radius 1 is 1.14 bits per heavy atom. The first kappa shape index (κ1) is 20.6. The largest absolute Gasteiger partial charge is 0.489 e. The molecule has 0 spiro atoms. The normalized spacial score (nSPS) is 10.0. The number of ether oxygens (including phenoxy) is 1. The molecule has 5 heteroatoms. The number of fused-ring (bicyclic) bond motifs is 1. The van der Waals surface area contributed by atoms with E-state index >= 15 is 0 Å². The average molecular weight is 522 g/mol. The van der Waals surface area contributed by atoms with Crippen molar-refractivity contribution < 1.29 is 82.2 Å². The summed E-state index contributed by atoms with van der Waals surface area (Å²) in [6.45, 7) is 0.705. The molecule has 1 aliphatic heterocycles. The van der Waals surface area contributed by atoms with Crippen molar-refractivity contribution in [2.75, 3.05) is 6.61 Å². The first-order valence-electron chi connectivity index (χ1n) is 3.35. The molecule has 1 aromatic rings. The topological polar surface area (TPSA) is 9.23 Å². The Hall–Kier alpha value is 1.23. The molecule has 0 fully saturated rings. The molecule has 1 aromatic carbocycles. The summed E-state index contributed by atoms with van der Waals surface area (Å²) in [6.07, 6.45) is 4.10. The zero-order chi connectivity index (χ0) is 6.81. The number of hydrogen-bond acceptors (Lipinski definition) is 1. The van der Waals surface area contributed by atoms with Crippen molar-refractivity contribution in [3.05, 3.63) is 35.9 Å². The predicted octanol–water partition coefficient (Wildman–Crippen LogP) is 2.08. The zero-order valence-corrected chi connectivity index (χ0v) is 14.6. The molecule has 2 rings (SSSR count). The molecule has 0 unspecified atom stereocenters. The van der Waals surface area contributed by atoms with Crippen LogP contribution >= 0.6 is 0 Å². The zero-order valence-electron chi connectivity index (χ0n) is 7.18. The van der Waals surface area contributed by atoms with Crippen molar-refractivity contribution in [3.63, 3.8) is 0 Å². The fourth-order valence-electron chi connectivity index (χ4n) is 1.06. The van der Waals surface area contributed by atoms with E-state index in [1.807, 2.05) is 30.3 Å². The molecule has 1 nitrogen and oxygen atoms in total. The Morgan fingerprint density at radius 2 is 1.79 bits per heavy atom. The van der Waals surface area contributed by atoms with Crippen LogP contribution in [0.3, 0.4) is 0 Å². The second-order valence-electron chi connectivity index (χ2n) is 2.25. The Balaban J connectivity index is -0.000000302. The summed E-state index contributed by atoms with van der Waals surface area (Å²) >= 11 is 0. The van der Waals surface area contributed by atoms with Crippen LogP contribution in [0.15, 0.2) is 30.3 Å². The summed E-state index contributed by atoms with van der Waals surface area (Å²) < 4.78 is 5.34. The molecule has 1 aliphatic rings. The van der Waals surface area contributed by atoms with E-state index in [-0.39, 0.29) is 77.5 Å². The minimum atomic E-state index is 0. The van der Waals surface area contributed by atoms with Crippen molar-refractivity contribution in [1.82, 2.24) is 0 Å². The van der Waals surface area contributed by atoms with Crippen LogP contribution in [-0.4, -0.2) is 6.61 Å². The number of rotatable bonds is 0. The van der Waals surface area contributed by atoms with Gasteiger partial charge in [-0.05, 0) is 12.1 Å². The standard InChI is InChI=1S/C9H8O.Co.Mo.V.W/c1-2-6-9-8(4-1)5-3-7-10-9;;;;/h1-6H,7H2;;;;. The summed E-state index contributed by atoms with van der Waals surface area (Å²) in [6, 6.07) is 8.03. The van der Waals surface area contributed by atoms with Crippen LogP contribution in [0.5, 0.6) is 5.75 Å². The van der Waals surface area contributed by atoms with Crippen molar-refractivity contribution in [3.8, 4) is 5.75 Å². The van der Waals surface area contributed by atoms with Gasteiger partial charge in [0.15, 0.2) is 0 Å². The van der Waals surface area contributed by atoms with Crippen molar-refractivity contribution in [2.24, 2.45) is 0 Å². The molecule has 0 aliphatic carbocycles. The summed E-state index contributed by atoms with van der Waals surface area (Å²) in [5, 5.41) is 0. The fourth-order valence-corrected chi connectivity index (χ4v) is 1.06. The maximum Gasteiger partial charge on any atom is 0.126 e. The van der Waals surface area contributed by atoms with E-state index in [1.165, 1.54) is 5.56 Å². The van der Waals surface area contributed by atoms with Gasteiger partial charge in [-0.3, -0.25) is 0 Å². The third-order valence-electron chi connectivity index (χ3n) is 1.55. The summed E-state index contributed by atoms with van der Waals surface area (Å²) in [4.78, 5) is 0. The maximum absolute atomic E-state index is 5.34. The van der Waals surface area contributed by atoms with Crippen LogP contribution in [0.1, 0.15) is 5.56 Å². The second kappa shape index (κ2) is 10.7. The van der Waals surface area contributed by atoms with E-state index in [0.29, 0.717) is 6.61 Å². The molecule has 0 aromatic heterocycles. The number of benzene rings is 1. The second-order valence-corrected chi connectivity index (χ2v) is 2.25. The van der Waals surface area contributed by atoms with Gasteiger partial charge in [-0.25, -0.2) is 0 Å². The van der Waals surface area contributed by atoms with Gasteiger partial charge in [-0.15, -0.1) is 0 Å². The van der Waals surface area contributed by atoms with Gasteiger partial charge in [0.05, 0.1) is 0 Å². The van der Waals surface area contributed by atoms with E-state index in [4.69, 9.17) is 4.74 Å². The van der Waals surface area contributed by atoms with Gasteiger partial charge in [-0.2, -0.15) is 0 Å². The molecular weight excluding hydrogens is 514 g/mol. The van der Waals surface area contributed by atoms with Gasteiger partial charge in [-0.1, -0.05) is 24.3 Å². The average Bonchev–Trinajstić information content (AvgIpc) is 2.05. The van der Waals surface area contributed by atoms with Crippen LogP contribution in [0.4, 0.5) is 0 Å². The third kappa shape index (κ3) is 5.35. The van der Waals surface area contributed by atoms with Crippen LogP contribution < -0.4 is 4.74 Å². The summed E-state index contributed by atoms with van der Waals surface area (Å²) in [5.41, 5.74) is 1.17. The van der Waals surface area contributed by atoms with Gasteiger partial charge in [0.2, 0.25) is 0 Å². The monoisotopic (exact) mass is 524 g/mol. The van der Waals surface area contributed by atoms with Crippen molar-refractivity contribution >= 4 is 6.08 Å². The Bertz CT molecular complexity index is 283. The van der Waals surface area contributed by atoms with Crippen LogP contribution in [0, 0.1) is 0 Å². The van der Waals surface area contributed by atoms with Gasteiger partial charge in [0.1, 0.15) is 12.4 Å². The van der Waals surface area contributed by atoms with Crippen molar-refractivity contribution in [2.45, 2.75) is 0 Å². The molecular formula is C9H8CoMoOVW. The van der Waals surface area contributed by atoms with Crippen molar-refractivity contribution in [1.29, 1.82) is 0 Å². The smallest absolute Gasteiger partial charge is 0.126 e. The van der Waals surface area contributed by atoms with E-state index in [1.54, 1.807) is 0 Å². The van der Waals surface area contributed by atoms with E-state index in [9.17, 15) is 0 Å². The van der Waals surface area contributed by atoms with Gasteiger partial charge in [0, 0.05) is 83.0 Å². The van der Waals surface area contributed by atoms with Crippen LogP contribution in [0.25, 0.3) is 6.08 Å². The minimum absolute atomic E-state index is 0. The Labute approximate surface area is 135 Å². The fraction of sp³-hybridized carbons (Fsp3) is 0.111. The van der Waals surface area contributed by atoms with E-state index in [2.05, 4.69) is 6.08 Å². The third-order valence-corrected chi connectivity index (χ3v) is 1.55. The summed E-state index contributed by atoms with van der Waals surface area (Å²) in [5.74, 6) is 0.991. The Morgan fingerprint density at radius 3 is 2.43 bits per heavy atom. The van der Waals surface area contributed by atoms with Crippen LogP contribution in [0.2, 0.25) is 0 Å². The van der Waals surface area contributed by atoms with E-state index < -0.39 is 0 Å². The molecule has 0 saturated heterocycles. The molecule has 1 heterocycles. The first-order chi connectivity index (χ1) is 4.97. The van der Waals surface area contributed by atoms with E-state index in [0.717, 1.165) is 5.75 Å². The Kier molecular flexibility index (Phi) is 15.8. The summed E-state index contributed by atoms with van der Waals surface area (Å²) in [7, 11) is 0. The molecule has 14 heavy (non-hydrogen) atoms. The first-order valence-corrected chi connectivity index (χ1v) is 3.35. The molecule has 76 valence electrons. The molecule has 0 bridgehead atoms. The SMILES string of the molecule is C1=Cc2ccccc2OC1.[Co].[Mo].[V].[W]. The van der Waals surface area contributed by atoms with Gasteiger partial charge >= 0.3 is 0 Å². The molecule has 2 radical (unpaired) electrons. The molecule has 0 amide bonds. The number of hydrogen-bond donors (Lipinski definition) is 0. The number of para-hydroxylation sites is 1. The molecule has 0 N–H and O–H groups in total. The predicted molar refractivity (Wildman–Crippen MR) is 41.0 cm³/mol.